The zero-order valence-electron chi connectivity index (χ0n) is 13.8. The number of amides is 1. The van der Waals surface area contributed by atoms with Crippen molar-refractivity contribution in [1.82, 2.24) is 20.4 Å². The number of ether oxygens (including phenoxy) is 1. The van der Waals surface area contributed by atoms with Gasteiger partial charge in [0.25, 0.3) is 5.91 Å². The Morgan fingerprint density at radius 3 is 2.88 bits per heavy atom. The van der Waals surface area contributed by atoms with Crippen molar-refractivity contribution in [1.29, 1.82) is 0 Å². The van der Waals surface area contributed by atoms with E-state index in [2.05, 4.69) is 20.8 Å². The average Bonchev–Trinajstić information content (AvgIpc) is 3.02. The lowest BCUT2D eigenvalue weighted by molar-refractivity contribution is -0.123. The zero-order valence-corrected chi connectivity index (χ0v) is 13.8. The van der Waals surface area contributed by atoms with Crippen LogP contribution in [0.25, 0.3) is 11.0 Å². The zero-order chi connectivity index (χ0) is 18.5. The summed E-state index contributed by atoms with van der Waals surface area (Å²) in [5.74, 6) is -2.39. The van der Waals surface area contributed by atoms with E-state index in [9.17, 15) is 13.6 Å². The Bertz CT molecular complexity index is 971. The fourth-order valence-electron chi connectivity index (χ4n) is 2.21. The molecule has 1 aromatic heterocycles. The van der Waals surface area contributed by atoms with Gasteiger partial charge >= 0.3 is 0 Å². The van der Waals surface area contributed by atoms with Crippen LogP contribution in [0.1, 0.15) is 6.92 Å². The van der Waals surface area contributed by atoms with Crippen LogP contribution in [-0.4, -0.2) is 33.2 Å². The number of nitrogens with one attached hydrogen (secondary N) is 1. The summed E-state index contributed by atoms with van der Waals surface area (Å²) in [4.78, 5) is 11.7. The van der Waals surface area contributed by atoms with Crippen LogP contribution in [0.2, 0.25) is 0 Å². The molecular weight excluding hydrogens is 344 g/mol. The minimum Gasteiger partial charge on any atom is -0.481 e. The number of hydrazone groups is 1. The summed E-state index contributed by atoms with van der Waals surface area (Å²) < 4.78 is 32.9. The van der Waals surface area contributed by atoms with Crippen molar-refractivity contribution < 1.29 is 18.3 Å². The maximum atomic E-state index is 13.4. The third kappa shape index (κ3) is 4.18. The number of rotatable bonds is 6. The van der Waals surface area contributed by atoms with Crippen molar-refractivity contribution in [2.45, 2.75) is 13.5 Å². The number of hydrogen-bond donors (Lipinski definition) is 1. The van der Waals surface area contributed by atoms with E-state index >= 15 is 0 Å². The first kappa shape index (κ1) is 17.5. The SMILES string of the molecule is C/C(Cn1nnc2ccccc21)=N/NC(=O)COc1ccc(F)cc1F. The summed E-state index contributed by atoms with van der Waals surface area (Å²) in [5, 5.41) is 12.0. The molecule has 134 valence electrons. The van der Waals surface area contributed by atoms with E-state index in [-0.39, 0.29) is 5.75 Å². The molecule has 2 aromatic carbocycles. The summed E-state index contributed by atoms with van der Waals surface area (Å²) in [7, 11) is 0. The summed E-state index contributed by atoms with van der Waals surface area (Å²) >= 11 is 0. The second-order valence-electron chi connectivity index (χ2n) is 5.48. The number of halogens is 2. The van der Waals surface area contributed by atoms with Crippen LogP contribution < -0.4 is 10.2 Å². The van der Waals surface area contributed by atoms with E-state index < -0.39 is 24.1 Å². The molecule has 0 saturated carbocycles. The van der Waals surface area contributed by atoms with Gasteiger partial charge in [-0.2, -0.15) is 5.10 Å². The topological polar surface area (TPSA) is 81.4 Å². The predicted octanol–water partition coefficient (Wildman–Crippen LogP) is 2.28. The smallest absolute Gasteiger partial charge is 0.277 e. The molecule has 0 atom stereocenters. The molecule has 0 aliphatic heterocycles. The second-order valence-corrected chi connectivity index (χ2v) is 5.48. The van der Waals surface area contributed by atoms with Gasteiger partial charge in [0.15, 0.2) is 18.2 Å². The van der Waals surface area contributed by atoms with E-state index in [1.807, 2.05) is 24.3 Å². The normalized spacial score (nSPS) is 11.6. The first-order chi connectivity index (χ1) is 12.5. The van der Waals surface area contributed by atoms with E-state index in [1.165, 1.54) is 0 Å². The number of nitrogens with zero attached hydrogens (tertiary/aromatic N) is 4. The van der Waals surface area contributed by atoms with Gasteiger partial charge < -0.3 is 4.74 Å². The third-order valence-electron chi connectivity index (χ3n) is 3.42. The van der Waals surface area contributed by atoms with Gasteiger partial charge in [-0.3, -0.25) is 4.79 Å². The van der Waals surface area contributed by atoms with Crippen LogP contribution in [-0.2, 0) is 11.3 Å². The van der Waals surface area contributed by atoms with E-state index in [4.69, 9.17) is 4.74 Å². The molecule has 0 saturated heterocycles. The summed E-state index contributed by atoms with van der Waals surface area (Å²) in [6.45, 7) is 1.61. The van der Waals surface area contributed by atoms with Gasteiger partial charge in [0.1, 0.15) is 11.3 Å². The minimum atomic E-state index is -0.879. The van der Waals surface area contributed by atoms with Gasteiger partial charge in [0.2, 0.25) is 0 Å². The fraction of sp³-hybridized carbons (Fsp3) is 0.176. The summed E-state index contributed by atoms with van der Waals surface area (Å²) in [6.07, 6.45) is 0. The highest BCUT2D eigenvalue weighted by molar-refractivity contribution is 5.86. The molecule has 0 unspecified atom stereocenters. The molecule has 3 rings (SSSR count). The first-order valence-electron chi connectivity index (χ1n) is 7.71. The van der Waals surface area contributed by atoms with Crippen LogP contribution in [0.5, 0.6) is 5.75 Å². The molecule has 1 N–H and O–H groups in total. The average molecular weight is 359 g/mol. The van der Waals surface area contributed by atoms with Gasteiger partial charge in [-0.1, -0.05) is 17.3 Å². The molecule has 0 fully saturated rings. The van der Waals surface area contributed by atoms with E-state index in [1.54, 1.807) is 11.6 Å². The number of benzene rings is 2. The lowest BCUT2D eigenvalue weighted by Gasteiger charge is -2.07. The van der Waals surface area contributed by atoms with Crippen LogP contribution >= 0.6 is 0 Å². The molecule has 3 aromatic rings. The quantitative estimate of drug-likeness (QED) is 0.541. The molecule has 0 spiro atoms. The van der Waals surface area contributed by atoms with Crippen LogP contribution in [0.15, 0.2) is 47.6 Å². The van der Waals surface area contributed by atoms with Crippen molar-refractivity contribution in [2.75, 3.05) is 6.61 Å². The second kappa shape index (κ2) is 7.68. The standard InChI is InChI=1S/C17H15F2N5O2/c1-11(9-24-15-5-3-2-4-14(15)21-23-24)20-22-17(25)10-26-16-7-6-12(18)8-13(16)19/h2-8H,9-10H2,1H3,(H,22,25)/b20-11-. The first-order valence-corrected chi connectivity index (χ1v) is 7.71. The van der Waals surface area contributed by atoms with Gasteiger partial charge in [0, 0.05) is 6.07 Å². The Morgan fingerprint density at radius 1 is 1.27 bits per heavy atom. The summed E-state index contributed by atoms with van der Waals surface area (Å²) in [6, 6.07) is 10.3. The van der Waals surface area contributed by atoms with Crippen LogP contribution in [0.4, 0.5) is 8.78 Å². The van der Waals surface area contributed by atoms with Crippen molar-refractivity contribution in [3.8, 4) is 5.75 Å². The molecule has 0 aliphatic carbocycles. The Labute approximate surface area is 147 Å². The van der Waals surface area contributed by atoms with Crippen molar-refractivity contribution >= 4 is 22.7 Å². The fourth-order valence-corrected chi connectivity index (χ4v) is 2.21. The largest absolute Gasteiger partial charge is 0.481 e. The van der Waals surface area contributed by atoms with Gasteiger partial charge in [-0.15, -0.1) is 5.10 Å². The number of aromatic nitrogens is 3. The van der Waals surface area contributed by atoms with Crippen LogP contribution in [0, 0.1) is 11.6 Å². The van der Waals surface area contributed by atoms with Crippen molar-refractivity contribution in [3.63, 3.8) is 0 Å². The number of hydrogen-bond acceptors (Lipinski definition) is 5. The number of para-hydroxylation sites is 1. The Kier molecular flexibility index (Phi) is 5.16. The predicted molar refractivity (Wildman–Crippen MR) is 90.6 cm³/mol. The molecular formula is C17H15F2N5O2. The highest BCUT2D eigenvalue weighted by atomic mass is 19.1. The molecule has 1 amide bonds. The van der Waals surface area contributed by atoms with Crippen molar-refractivity contribution in [2.24, 2.45) is 5.10 Å². The highest BCUT2D eigenvalue weighted by Gasteiger charge is 2.08. The third-order valence-corrected chi connectivity index (χ3v) is 3.42. The molecule has 0 bridgehead atoms. The van der Waals surface area contributed by atoms with E-state index in [0.29, 0.717) is 18.3 Å². The van der Waals surface area contributed by atoms with Gasteiger partial charge in [-0.05, 0) is 31.2 Å². The number of carbonyl (C=O) groups is 1. The molecule has 0 radical (unpaired) electrons. The lowest BCUT2D eigenvalue weighted by atomic mass is 10.3. The van der Waals surface area contributed by atoms with Crippen LogP contribution in [0.3, 0.4) is 0 Å². The maximum Gasteiger partial charge on any atom is 0.277 e. The molecule has 0 aliphatic rings. The maximum absolute atomic E-state index is 13.4. The molecule has 1 heterocycles. The van der Waals surface area contributed by atoms with Crippen molar-refractivity contribution in [3.05, 3.63) is 54.1 Å². The number of carbonyl (C=O) groups excluding carboxylic acids is 1. The monoisotopic (exact) mass is 359 g/mol. The Morgan fingerprint density at radius 2 is 2.08 bits per heavy atom. The Hall–Kier alpha value is -3.36. The molecule has 26 heavy (non-hydrogen) atoms. The lowest BCUT2D eigenvalue weighted by Crippen LogP contribution is -2.26. The summed E-state index contributed by atoms with van der Waals surface area (Å²) in [5.41, 5.74) is 4.51. The molecule has 7 nitrogen and oxygen atoms in total. The molecule has 9 heteroatoms. The van der Waals surface area contributed by atoms with Gasteiger partial charge in [-0.25, -0.2) is 18.9 Å². The van der Waals surface area contributed by atoms with Gasteiger partial charge in [0.05, 0.1) is 17.8 Å². The number of fused-ring (bicyclic) bond motifs is 1. The minimum absolute atomic E-state index is 0.212. The highest BCUT2D eigenvalue weighted by Crippen LogP contribution is 2.17. The Balaban J connectivity index is 1.54. The van der Waals surface area contributed by atoms with E-state index in [0.717, 1.165) is 23.2 Å².